The highest BCUT2D eigenvalue weighted by Gasteiger charge is 2.29. The van der Waals surface area contributed by atoms with Crippen LogP contribution in [0.3, 0.4) is 0 Å². The first-order chi connectivity index (χ1) is 12.9. The van der Waals surface area contributed by atoms with Gasteiger partial charge in [0.05, 0.1) is 22.9 Å². The molecular formula is C19H19ClN2O5. The van der Waals surface area contributed by atoms with Crippen LogP contribution in [0.1, 0.15) is 36.2 Å². The lowest BCUT2D eigenvalue weighted by atomic mass is 9.81. The van der Waals surface area contributed by atoms with Crippen LogP contribution in [0.5, 0.6) is 0 Å². The molecule has 1 heterocycles. The molecule has 2 aromatic rings. The van der Waals surface area contributed by atoms with Gasteiger partial charge in [0.15, 0.2) is 5.76 Å². The van der Waals surface area contributed by atoms with Gasteiger partial charge < -0.3 is 20.2 Å². The molecule has 1 aromatic heterocycles. The van der Waals surface area contributed by atoms with Crippen LogP contribution in [-0.4, -0.2) is 22.9 Å². The first-order valence-corrected chi connectivity index (χ1v) is 9.00. The molecule has 0 unspecified atom stereocenters. The monoisotopic (exact) mass is 390 g/mol. The summed E-state index contributed by atoms with van der Waals surface area (Å²) in [6.45, 7) is 0. The van der Waals surface area contributed by atoms with E-state index >= 15 is 0 Å². The van der Waals surface area contributed by atoms with E-state index in [4.69, 9.17) is 21.1 Å². The summed E-state index contributed by atoms with van der Waals surface area (Å²) < 4.78 is 5.02. The number of anilines is 2. The van der Waals surface area contributed by atoms with Crippen molar-refractivity contribution in [2.45, 2.75) is 25.7 Å². The van der Waals surface area contributed by atoms with Gasteiger partial charge in [-0.15, -0.1) is 0 Å². The minimum absolute atomic E-state index is 0.151. The van der Waals surface area contributed by atoms with E-state index in [1.165, 1.54) is 12.3 Å². The number of aliphatic carboxylic acids is 1. The summed E-state index contributed by atoms with van der Waals surface area (Å²) in [5, 5.41) is 14.7. The van der Waals surface area contributed by atoms with Crippen molar-refractivity contribution in [3.63, 3.8) is 0 Å². The summed E-state index contributed by atoms with van der Waals surface area (Å²) in [6, 6.07) is 7.95. The normalized spacial score (nSPS) is 19.3. The number of carboxylic acids is 1. The zero-order chi connectivity index (χ0) is 19.4. The molecule has 7 nitrogen and oxygen atoms in total. The van der Waals surface area contributed by atoms with Gasteiger partial charge in [0, 0.05) is 11.6 Å². The predicted molar refractivity (Wildman–Crippen MR) is 99.8 cm³/mol. The van der Waals surface area contributed by atoms with Gasteiger partial charge in [0.25, 0.3) is 5.91 Å². The van der Waals surface area contributed by atoms with E-state index < -0.39 is 11.9 Å². The maximum atomic E-state index is 12.4. The van der Waals surface area contributed by atoms with Crippen LogP contribution in [-0.2, 0) is 9.59 Å². The Hall–Kier alpha value is -2.80. The highest BCUT2D eigenvalue weighted by molar-refractivity contribution is 6.34. The van der Waals surface area contributed by atoms with Crippen molar-refractivity contribution >= 4 is 40.8 Å². The van der Waals surface area contributed by atoms with E-state index in [0.717, 1.165) is 0 Å². The third kappa shape index (κ3) is 4.68. The number of benzene rings is 1. The van der Waals surface area contributed by atoms with Gasteiger partial charge in [-0.25, -0.2) is 0 Å². The van der Waals surface area contributed by atoms with Crippen molar-refractivity contribution in [1.29, 1.82) is 0 Å². The summed E-state index contributed by atoms with van der Waals surface area (Å²) in [6.07, 6.45) is 3.51. The molecule has 0 atom stereocenters. The second-order valence-corrected chi connectivity index (χ2v) is 6.91. The molecule has 1 aliphatic rings. The number of carbonyl (C=O) groups is 3. The number of halogens is 1. The first kappa shape index (κ1) is 19.0. The number of carboxylic acid groups (broad SMARTS) is 1. The Bertz CT molecular complexity index is 842. The lowest BCUT2D eigenvalue weighted by Crippen LogP contribution is -2.29. The maximum absolute atomic E-state index is 12.4. The zero-order valence-corrected chi connectivity index (χ0v) is 15.2. The fourth-order valence-corrected chi connectivity index (χ4v) is 3.36. The highest BCUT2D eigenvalue weighted by atomic mass is 35.5. The predicted octanol–water partition coefficient (Wildman–Crippen LogP) is 4.01. The van der Waals surface area contributed by atoms with Crippen LogP contribution in [0, 0.1) is 11.8 Å². The molecule has 27 heavy (non-hydrogen) atoms. The molecule has 1 aromatic carbocycles. The number of hydrogen-bond acceptors (Lipinski definition) is 4. The standard InChI is InChI=1S/C19H19ClN2O5/c20-14-10-13(7-8-15(14)22-18(24)16-2-1-9-27-16)21-17(23)11-3-5-12(6-4-11)19(25)26/h1-2,7-12H,3-6H2,(H,21,23)(H,22,24)(H,25,26). The summed E-state index contributed by atoms with van der Waals surface area (Å²) in [4.78, 5) is 35.4. The Morgan fingerprint density at radius 1 is 1.04 bits per heavy atom. The average molecular weight is 391 g/mol. The molecule has 3 N–H and O–H groups in total. The third-order valence-electron chi connectivity index (χ3n) is 4.68. The first-order valence-electron chi connectivity index (χ1n) is 8.62. The minimum atomic E-state index is -0.798. The van der Waals surface area contributed by atoms with Crippen LogP contribution in [0.25, 0.3) is 0 Å². The molecule has 2 amide bonds. The van der Waals surface area contributed by atoms with Gasteiger partial charge in [0.1, 0.15) is 0 Å². The molecule has 0 radical (unpaired) electrons. The topological polar surface area (TPSA) is 109 Å². The molecule has 142 valence electrons. The fourth-order valence-electron chi connectivity index (χ4n) is 3.13. The van der Waals surface area contributed by atoms with E-state index in [1.807, 2.05) is 0 Å². The average Bonchev–Trinajstić information content (AvgIpc) is 3.19. The largest absolute Gasteiger partial charge is 0.481 e. The molecular weight excluding hydrogens is 372 g/mol. The maximum Gasteiger partial charge on any atom is 0.306 e. The highest BCUT2D eigenvalue weighted by Crippen LogP contribution is 2.31. The number of amides is 2. The number of hydrogen-bond donors (Lipinski definition) is 3. The third-order valence-corrected chi connectivity index (χ3v) is 4.99. The zero-order valence-electron chi connectivity index (χ0n) is 14.4. The molecule has 0 aliphatic heterocycles. The molecule has 8 heteroatoms. The van der Waals surface area contributed by atoms with Gasteiger partial charge in [-0.1, -0.05) is 11.6 Å². The number of carbonyl (C=O) groups excluding carboxylic acids is 2. The summed E-state index contributed by atoms with van der Waals surface area (Å²) in [5.74, 6) is -1.78. The second kappa shape index (κ2) is 8.26. The molecule has 3 rings (SSSR count). The quantitative estimate of drug-likeness (QED) is 0.714. The molecule has 0 spiro atoms. The smallest absolute Gasteiger partial charge is 0.306 e. The Morgan fingerprint density at radius 2 is 1.74 bits per heavy atom. The summed E-state index contributed by atoms with van der Waals surface area (Å²) >= 11 is 6.20. The molecule has 0 saturated heterocycles. The van der Waals surface area contributed by atoms with E-state index in [2.05, 4.69) is 10.6 Å². The lowest BCUT2D eigenvalue weighted by Gasteiger charge is -2.25. The van der Waals surface area contributed by atoms with Gasteiger partial charge in [-0.3, -0.25) is 14.4 Å². The lowest BCUT2D eigenvalue weighted by molar-refractivity contribution is -0.143. The Balaban J connectivity index is 1.58. The van der Waals surface area contributed by atoms with E-state index in [-0.39, 0.29) is 28.5 Å². The van der Waals surface area contributed by atoms with Crippen molar-refractivity contribution in [2.75, 3.05) is 10.6 Å². The SMILES string of the molecule is O=C(Nc1ccc(NC(=O)C2CCC(C(=O)O)CC2)cc1Cl)c1ccco1. The molecule has 1 fully saturated rings. The Morgan fingerprint density at radius 3 is 2.33 bits per heavy atom. The van der Waals surface area contributed by atoms with Crippen molar-refractivity contribution in [1.82, 2.24) is 0 Å². The van der Waals surface area contributed by atoms with Gasteiger partial charge in [-0.2, -0.15) is 0 Å². The molecule has 1 saturated carbocycles. The number of furan rings is 1. The molecule has 0 bridgehead atoms. The fraction of sp³-hybridized carbons (Fsp3) is 0.316. The van der Waals surface area contributed by atoms with Crippen LogP contribution in [0.2, 0.25) is 5.02 Å². The Labute approximate surface area is 160 Å². The summed E-state index contributed by atoms with van der Waals surface area (Å²) in [7, 11) is 0. The minimum Gasteiger partial charge on any atom is -0.481 e. The summed E-state index contributed by atoms with van der Waals surface area (Å²) in [5.41, 5.74) is 0.916. The van der Waals surface area contributed by atoms with Crippen molar-refractivity contribution in [2.24, 2.45) is 11.8 Å². The van der Waals surface area contributed by atoms with Crippen molar-refractivity contribution in [3.05, 3.63) is 47.4 Å². The molecule has 1 aliphatic carbocycles. The van der Waals surface area contributed by atoms with Gasteiger partial charge in [0.2, 0.25) is 5.91 Å². The van der Waals surface area contributed by atoms with Gasteiger partial charge >= 0.3 is 5.97 Å². The van der Waals surface area contributed by atoms with Crippen LogP contribution >= 0.6 is 11.6 Å². The van der Waals surface area contributed by atoms with E-state index in [0.29, 0.717) is 37.1 Å². The van der Waals surface area contributed by atoms with E-state index in [9.17, 15) is 14.4 Å². The van der Waals surface area contributed by atoms with E-state index in [1.54, 1.807) is 24.3 Å². The number of nitrogens with one attached hydrogen (secondary N) is 2. The second-order valence-electron chi connectivity index (χ2n) is 6.50. The Kier molecular flexibility index (Phi) is 5.81. The van der Waals surface area contributed by atoms with Crippen molar-refractivity contribution in [3.8, 4) is 0 Å². The van der Waals surface area contributed by atoms with Crippen molar-refractivity contribution < 1.29 is 23.9 Å². The van der Waals surface area contributed by atoms with Crippen LogP contribution in [0.15, 0.2) is 41.0 Å². The van der Waals surface area contributed by atoms with Crippen LogP contribution < -0.4 is 10.6 Å². The number of rotatable bonds is 5. The van der Waals surface area contributed by atoms with Gasteiger partial charge in [-0.05, 0) is 56.0 Å². The van der Waals surface area contributed by atoms with Crippen LogP contribution in [0.4, 0.5) is 11.4 Å².